The fourth-order valence-electron chi connectivity index (χ4n) is 3.11. The molecule has 1 aliphatic rings. The molecule has 1 heterocycles. The van der Waals surface area contributed by atoms with Crippen molar-refractivity contribution < 1.29 is 0 Å². The summed E-state index contributed by atoms with van der Waals surface area (Å²) in [5, 5.41) is 0.847. The van der Waals surface area contributed by atoms with Gasteiger partial charge in [-0.25, -0.2) is 0 Å². The monoisotopic (exact) mass is 295 g/mol. The predicted octanol–water partition coefficient (Wildman–Crippen LogP) is 2.76. The third-order valence-corrected chi connectivity index (χ3v) is 4.66. The molecule has 20 heavy (non-hydrogen) atoms. The molecule has 1 aromatic carbocycles. The van der Waals surface area contributed by atoms with Crippen molar-refractivity contribution in [3.8, 4) is 0 Å². The number of hydrogen-bond acceptors (Lipinski definition) is 3. The van der Waals surface area contributed by atoms with Crippen LogP contribution < -0.4 is 10.6 Å². The lowest BCUT2D eigenvalue weighted by Gasteiger charge is -2.26. The van der Waals surface area contributed by atoms with Crippen molar-refractivity contribution in [2.75, 3.05) is 37.6 Å². The van der Waals surface area contributed by atoms with E-state index in [1.807, 2.05) is 0 Å². The quantitative estimate of drug-likeness (QED) is 0.876. The first-order chi connectivity index (χ1) is 9.69. The van der Waals surface area contributed by atoms with Crippen LogP contribution in [0, 0.1) is 0 Å². The van der Waals surface area contributed by atoms with Crippen molar-refractivity contribution in [2.24, 2.45) is 5.73 Å². The van der Waals surface area contributed by atoms with Crippen LogP contribution in [0.4, 0.5) is 5.69 Å². The molecule has 4 heteroatoms. The standard InChI is InChI=1S/C16H26ClN3/c1-3-19(4-2)15-8-10-20(12-15)14-6-5-13(7-9-18)16(17)11-14/h5-6,11,15H,3-4,7-10,12,18H2,1-2H3. The van der Waals surface area contributed by atoms with Gasteiger partial charge in [-0.1, -0.05) is 31.5 Å². The van der Waals surface area contributed by atoms with Gasteiger partial charge < -0.3 is 10.6 Å². The molecule has 1 atom stereocenters. The van der Waals surface area contributed by atoms with E-state index < -0.39 is 0 Å². The molecule has 0 saturated carbocycles. The molecule has 0 amide bonds. The predicted molar refractivity (Wildman–Crippen MR) is 87.7 cm³/mol. The minimum Gasteiger partial charge on any atom is -0.370 e. The number of benzene rings is 1. The van der Waals surface area contributed by atoms with Crippen LogP contribution in [0.3, 0.4) is 0 Å². The second-order valence-electron chi connectivity index (χ2n) is 5.42. The van der Waals surface area contributed by atoms with Gasteiger partial charge in [-0.3, -0.25) is 4.90 Å². The molecule has 0 spiro atoms. The SMILES string of the molecule is CCN(CC)C1CCN(c2ccc(CCN)c(Cl)c2)C1. The Labute approximate surface area is 127 Å². The maximum absolute atomic E-state index is 6.35. The number of anilines is 1. The van der Waals surface area contributed by atoms with Gasteiger partial charge in [0.05, 0.1) is 0 Å². The molecule has 1 aromatic rings. The number of rotatable bonds is 6. The molecule has 1 saturated heterocycles. The largest absolute Gasteiger partial charge is 0.370 e. The zero-order valence-electron chi connectivity index (χ0n) is 12.6. The van der Waals surface area contributed by atoms with Gasteiger partial charge in [0.15, 0.2) is 0 Å². The summed E-state index contributed by atoms with van der Waals surface area (Å²) >= 11 is 6.35. The molecular formula is C16H26ClN3. The summed E-state index contributed by atoms with van der Waals surface area (Å²) in [5.74, 6) is 0. The third kappa shape index (κ3) is 3.46. The van der Waals surface area contributed by atoms with Crippen LogP contribution in [0.2, 0.25) is 5.02 Å². The van der Waals surface area contributed by atoms with E-state index in [0.717, 1.165) is 43.2 Å². The molecule has 0 bridgehead atoms. The lowest BCUT2D eigenvalue weighted by atomic mass is 10.1. The van der Waals surface area contributed by atoms with Crippen molar-refractivity contribution in [3.05, 3.63) is 28.8 Å². The molecular weight excluding hydrogens is 270 g/mol. The van der Waals surface area contributed by atoms with Gasteiger partial charge >= 0.3 is 0 Å². The van der Waals surface area contributed by atoms with Crippen LogP contribution in [0.15, 0.2) is 18.2 Å². The smallest absolute Gasteiger partial charge is 0.0459 e. The molecule has 0 aromatic heterocycles. The van der Waals surface area contributed by atoms with E-state index in [-0.39, 0.29) is 0 Å². The minimum atomic E-state index is 0.646. The molecule has 1 aliphatic heterocycles. The van der Waals surface area contributed by atoms with Gasteiger partial charge in [0.25, 0.3) is 0 Å². The Hall–Kier alpha value is -0.770. The van der Waals surface area contributed by atoms with Crippen LogP contribution in [-0.4, -0.2) is 43.7 Å². The van der Waals surface area contributed by atoms with E-state index in [1.54, 1.807) is 0 Å². The Balaban J connectivity index is 2.04. The highest BCUT2D eigenvalue weighted by Gasteiger charge is 2.26. The van der Waals surface area contributed by atoms with Crippen LogP contribution in [-0.2, 0) is 6.42 Å². The molecule has 2 rings (SSSR count). The van der Waals surface area contributed by atoms with Gasteiger partial charge in [0, 0.05) is 29.8 Å². The molecule has 3 nitrogen and oxygen atoms in total. The maximum Gasteiger partial charge on any atom is 0.0459 e. The Morgan fingerprint density at radius 2 is 2.10 bits per heavy atom. The second kappa shape index (κ2) is 7.30. The van der Waals surface area contributed by atoms with E-state index in [1.165, 1.54) is 12.1 Å². The zero-order chi connectivity index (χ0) is 14.5. The summed E-state index contributed by atoms with van der Waals surface area (Å²) < 4.78 is 0. The topological polar surface area (TPSA) is 32.5 Å². The number of hydrogen-bond donors (Lipinski definition) is 1. The zero-order valence-corrected chi connectivity index (χ0v) is 13.4. The van der Waals surface area contributed by atoms with E-state index in [4.69, 9.17) is 17.3 Å². The normalized spacial score (nSPS) is 19.1. The van der Waals surface area contributed by atoms with Gasteiger partial charge in [0.2, 0.25) is 0 Å². The van der Waals surface area contributed by atoms with Crippen LogP contribution in [0.25, 0.3) is 0 Å². The highest BCUT2D eigenvalue weighted by Crippen LogP contribution is 2.27. The van der Waals surface area contributed by atoms with Crippen molar-refractivity contribution >= 4 is 17.3 Å². The van der Waals surface area contributed by atoms with Crippen LogP contribution in [0.1, 0.15) is 25.8 Å². The van der Waals surface area contributed by atoms with Crippen molar-refractivity contribution in [2.45, 2.75) is 32.7 Å². The average Bonchev–Trinajstić information content (AvgIpc) is 2.92. The fourth-order valence-corrected chi connectivity index (χ4v) is 3.37. The summed E-state index contributed by atoms with van der Waals surface area (Å²) in [6, 6.07) is 7.07. The lowest BCUT2D eigenvalue weighted by molar-refractivity contribution is 0.232. The average molecular weight is 296 g/mol. The van der Waals surface area contributed by atoms with Crippen LogP contribution in [0.5, 0.6) is 0 Å². The Kier molecular flexibility index (Phi) is 5.70. The first-order valence-corrected chi connectivity index (χ1v) is 8.04. The van der Waals surface area contributed by atoms with E-state index in [2.05, 4.69) is 41.8 Å². The molecule has 1 unspecified atom stereocenters. The van der Waals surface area contributed by atoms with E-state index in [9.17, 15) is 0 Å². The first kappa shape index (κ1) is 15.6. The van der Waals surface area contributed by atoms with Crippen molar-refractivity contribution in [3.63, 3.8) is 0 Å². The molecule has 2 N–H and O–H groups in total. The molecule has 0 radical (unpaired) electrons. The molecule has 0 aliphatic carbocycles. The third-order valence-electron chi connectivity index (χ3n) is 4.31. The van der Waals surface area contributed by atoms with Gasteiger partial charge in [-0.15, -0.1) is 0 Å². The Morgan fingerprint density at radius 3 is 2.70 bits per heavy atom. The highest BCUT2D eigenvalue weighted by atomic mass is 35.5. The highest BCUT2D eigenvalue weighted by molar-refractivity contribution is 6.31. The Bertz CT molecular complexity index is 432. The van der Waals surface area contributed by atoms with Gasteiger partial charge in [-0.2, -0.15) is 0 Å². The number of likely N-dealkylation sites (N-methyl/N-ethyl adjacent to an activating group) is 1. The second-order valence-corrected chi connectivity index (χ2v) is 5.83. The molecule has 112 valence electrons. The number of nitrogens with zero attached hydrogens (tertiary/aromatic N) is 2. The Morgan fingerprint density at radius 1 is 1.35 bits per heavy atom. The summed E-state index contributed by atoms with van der Waals surface area (Å²) in [5.41, 5.74) is 7.99. The summed E-state index contributed by atoms with van der Waals surface area (Å²) in [6.45, 7) is 9.61. The first-order valence-electron chi connectivity index (χ1n) is 7.67. The minimum absolute atomic E-state index is 0.646. The lowest BCUT2D eigenvalue weighted by Crippen LogP contribution is -2.37. The van der Waals surface area contributed by atoms with E-state index in [0.29, 0.717) is 12.6 Å². The number of halogens is 1. The number of nitrogens with two attached hydrogens (primary N) is 1. The molecule has 1 fully saturated rings. The fraction of sp³-hybridized carbons (Fsp3) is 0.625. The summed E-state index contributed by atoms with van der Waals surface area (Å²) in [7, 11) is 0. The van der Waals surface area contributed by atoms with Crippen LogP contribution >= 0.6 is 11.6 Å². The van der Waals surface area contributed by atoms with Crippen molar-refractivity contribution in [1.29, 1.82) is 0 Å². The van der Waals surface area contributed by atoms with Crippen molar-refractivity contribution in [1.82, 2.24) is 4.90 Å². The van der Waals surface area contributed by atoms with Gasteiger partial charge in [0.1, 0.15) is 0 Å². The van der Waals surface area contributed by atoms with Gasteiger partial charge in [-0.05, 0) is 50.2 Å². The summed E-state index contributed by atoms with van der Waals surface area (Å²) in [6.07, 6.45) is 2.09. The maximum atomic E-state index is 6.35. The van der Waals surface area contributed by atoms with E-state index >= 15 is 0 Å². The summed E-state index contributed by atoms with van der Waals surface area (Å²) in [4.78, 5) is 4.99.